The van der Waals surface area contributed by atoms with Crippen molar-refractivity contribution in [2.75, 3.05) is 0 Å². The van der Waals surface area contributed by atoms with Gasteiger partial charge in [-0.05, 0) is 22.6 Å². The van der Waals surface area contributed by atoms with Crippen LogP contribution in [0.4, 0.5) is 0 Å². The van der Waals surface area contributed by atoms with Gasteiger partial charge in [0.1, 0.15) is 0 Å². The number of halogens is 1. The van der Waals surface area contributed by atoms with E-state index >= 15 is 0 Å². The Morgan fingerprint density at radius 2 is 1.61 bits per heavy atom. The number of hydrogen-bond donors (Lipinski definition) is 2. The van der Waals surface area contributed by atoms with Gasteiger partial charge >= 0.3 is 0 Å². The van der Waals surface area contributed by atoms with Crippen molar-refractivity contribution in [1.29, 1.82) is 0 Å². The minimum atomic E-state index is -0.436. The number of amides is 1. The highest BCUT2D eigenvalue weighted by atomic mass is 35.5. The van der Waals surface area contributed by atoms with Crippen LogP contribution in [0.5, 0.6) is 0 Å². The molecule has 0 saturated carbocycles. The summed E-state index contributed by atoms with van der Waals surface area (Å²) < 4.78 is 0. The van der Waals surface area contributed by atoms with Crippen molar-refractivity contribution in [1.82, 2.24) is 5.32 Å². The molecule has 3 N–H and O–H groups in total. The molecule has 0 radical (unpaired) electrons. The predicted octanol–water partition coefficient (Wildman–Crippen LogP) is 3.77. The second-order valence-corrected chi connectivity index (χ2v) is 5.69. The molecule has 124 valence electrons. The first-order valence-electron chi connectivity index (χ1n) is 7.79. The highest BCUT2D eigenvalue weighted by Gasteiger charge is 2.18. The minimum absolute atomic E-state index is 0. The van der Waals surface area contributed by atoms with Gasteiger partial charge in [0.15, 0.2) is 0 Å². The number of hydrogen-bond acceptors (Lipinski definition) is 2. The van der Waals surface area contributed by atoms with E-state index < -0.39 is 6.04 Å². The zero-order valence-corrected chi connectivity index (χ0v) is 14.5. The zero-order valence-electron chi connectivity index (χ0n) is 13.7. The fraction of sp³-hybridized carbons (Fsp3) is 0.316. The Morgan fingerprint density at radius 1 is 1.04 bits per heavy atom. The van der Waals surface area contributed by atoms with Gasteiger partial charge in [-0.25, -0.2) is 0 Å². The monoisotopic (exact) mass is 332 g/mol. The average molecular weight is 333 g/mol. The summed E-state index contributed by atoms with van der Waals surface area (Å²) in [6.07, 6.45) is 0.903. The molecular formula is C19H25ClN2O. The summed E-state index contributed by atoms with van der Waals surface area (Å²) in [5.74, 6) is 0.113. The maximum atomic E-state index is 12.0. The van der Waals surface area contributed by atoms with E-state index in [1.54, 1.807) is 0 Å². The van der Waals surface area contributed by atoms with Crippen molar-refractivity contribution < 1.29 is 4.79 Å². The summed E-state index contributed by atoms with van der Waals surface area (Å²) in [6.45, 7) is 4.55. The predicted molar refractivity (Wildman–Crippen MR) is 98.4 cm³/mol. The molecule has 4 heteroatoms. The van der Waals surface area contributed by atoms with Gasteiger partial charge in [-0.3, -0.25) is 4.79 Å². The fourth-order valence-electron chi connectivity index (χ4n) is 2.27. The maximum Gasteiger partial charge on any atom is 0.237 e. The van der Waals surface area contributed by atoms with Crippen LogP contribution < -0.4 is 11.1 Å². The molecular weight excluding hydrogens is 308 g/mol. The van der Waals surface area contributed by atoms with Gasteiger partial charge in [0.25, 0.3) is 0 Å². The third-order valence-corrected chi connectivity index (χ3v) is 4.09. The highest BCUT2D eigenvalue weighted by molar-refractivity contribution is 5.85. The van der Waals surface area contributed by atoms with E-state index in [2.05, 4.69) is 29.6 Å². The Hall–Kier alpha value is -1.84. The van der Waals surface area contributed by atoms with E-state index in [9.17, 15) is 4.79 Å². The highest BCUT2D eigenvalue weighted by Crippen LogP contribution is 2.19. The van der Waals surface area contributed by atoms with Crippen molar-refractivity contribution >= 4 is 18.3 Å². The number of carbonyl (C=O) groups is 1. The van der Waals surface area contributed by atoms with Crippen LogP contribution in [0.25, 0.3) is 11.1 Å². The molecule has 0 bridgehead atoms. The normalized spacial score (nSPS) is 12.8. The lowest BCUT2D eigenvalue weighted by Crippen LogP contribution is -2.44. The summed E-state index contributed by atoms with van der Waals surface area (Å²) in [5.41, 5.74) is 9.36. The van der Waals surface area contributed by atoms with Gasteiger partial charge in [0.05, 0.1) is 6.04 Å². The smallest absolute Gasteiger partial charge is 0.237 e. The number of nitrogens with two attached hydrogens (primary N) is 1. The van der Waals surface area contributed by atoms with Crippen molar-refractivity contribution in [2.45, 2.75) is 32.9 Å². The van der Waals surface area contributed by atoms with E-state index in [1.807, 2.05) is 44.2 Å². The van der Waals surface area contributed by atoms with Gasteiger partial charge in [-0.15, -0.1) is 12.4 Å². The molecule has 3 nitrogen and oxygen atoms in total. The zero-order chi connectivity index (χ0) is 15.9. The Balaban J connectivity index is 0.00000264. The molecule has 0 heterocycles. The number of nitrogens with one attached hydrogen (secondary N) is 1. The molecule has 23 heavy (non-hydrogen) atoms. The first-order chi connectivity index (χ1) is 10.6. The standard InChI is InChI=1S/C19H24N2O.ClH/c1-3-14(2)18(20)19(22)21-13-15-9-11-17(12-10-15)16-7-5-4-6-8-16;/h4-12,14,18H,3,13,20H2,1-2H3,(H,21,22);1H/t14-,18-;/m0./s1. The Labute approximate surface area is 144 Å². The SMILES string of the molecule is CC[C@H](C)[C@H](N)C(=O)NCc1ccc(-c2ccccc2)cc1.Cl. The third-order valence-electron chi connectivity index (χ3n) is 4.09. The van der Waals surface area contributed by atoms with Gasteiger partial charge in [0.2, 0.25) is 5.91 Å². The second kappa shape index (κ2) is 9.33. The molecule has 0 spiro atoms. The summed E-state index contributed by atoms with van der Waals surface area (Å²) in [7, 11) is 0. The van der Waals surface area contributed by atoms with Crippen molar-refractivity contribution in [3.63, 3.8) is 0 Å². The van der Waals surface area contributed by atoms with E-state index in [4.69, 9.17) is 5.73 Å². The van der Waals surface area contributed by atoms with Gasteiger partial charge in [0, 0.05) is 6.54 Å². The number of carbonyl (C=O) groups excluding carboxylic acids is 1. The van der Waals surface area contributed by atoms with Gasteiger partial charge in [-0.1, -0.05) is 74.9 Å². The first-order valence-corrected chi connectivity index (χ1v) is 7.79. The van der Waals surface area contributed by atoms with Crippen molar-refractivity contribution in [3.8, 4) is 11.1 Å². The van der Waals surface area contributed by atoms with Crippen molar-refractivity contribution in [3.05, 3.63) is 60.2 Å². The quantitative estimate of drug-likeness (QED) is 0.846. The molecule has 0 aromatic heterocycles. The van der Waals surface area contributed by atoms with Crippen LogP contribution in [0.1, 0.15) is 25.8 Å². The molecule has 2 aromatic rings. The minimum Gasteiger partial charge on any atom is -0.351 e. The lowest BCUT2D eigenvalue weighted by atomic mass is 9.99. The topological polar surface area (TPSA) is 55.1 Å². The van der Waals surface area contributed by atoms with Gasteiger partial charge < -0.3 is 11.1 Å². The second-order valence-electron chi connectivity index (χ2n) is 5.69. The maximum absolute atomic E-state index is 12.0. The first kappa shape index (κ1) is 19.2. The number of rotatable bonds is 6. The largest absolute Gasteiger partial charge is 0.351 e. The summed E-state index contributed by atoms with van der Waals surface area (Å²) in [5, 5.41) is 2.91. The molecule has 0 aliphatic carbocycles. The van der Waals surface area contributed by atoms with E-state index in [0.29, 0.717) is 6.54 Å². The van der Waals surface area contributed by atoms with E-state index in [1.165, 1.54) is 11.1 Å². The lowest BCUT2D eigenvalue weighted by Gasteiger charge is -2.17. The van der Waals surface area contributed by atoms with Crippen molar-refractivity contribution in [2.24, 2.45) is 11.7 Å². The molecule has 0 fully saturated rings. The molecule has 0 aliphatic rings. The summed E-state index contributed by atoms with van der Waals surface area (Å²) in [4.78, 5) is 12.0. The molecule has 1 amide bonds. The molecule has 0 saturated heterocycles. The van der Waals surface area contributed by atoms with Crippen LogP contribution in [0.2, 0.25) is 0 Å². The third kappa shape index (κ3) is 5.38. The summed E-state index contributed by atoms with van der Waals surface area (Å²) >= 11 is 0. The molecule has 2 aromatic carbocycles. The van der Waals surface area contributed by atoms with E-state index in [-0.39, 0.29) is 24.2 Å². The van der Waals surface area contributed by atoms with Crippen LogP contribution in [-0.4, -0.2) is 11.9 Å². The average Bonchev–Trinajstić information content (AvgIpc) is 2.59. The molecule has 2 atom stereocenters. The van der Waals surface area contributed by atoms with Crippen LogP contribution in [0.15, 0.2) is 54.6 Å². The number of benzene rings is 2. The van der Waals surface area contributed by atoms with Gasteiger partial charge in [-0.2, -0.15) is 0 Å². The molecule has 0 aliphatic heterocycles. The summed E-state index contributed by atoms with van der Waals surface area (Å²) in [6, 6.07) is 18.0. The molecule has 0 unspecified atom stereocenters. The van der Waals surface area contributed by atoms with Crippen LogP contribution in [0, 0.1) is 5.92 Å². The van der Waals surface area contributed by atoms with Crippen LogP contribution in [0.3, 0.4) is 0 Å². The Bertz CT molecular complexity index is 599. The fourth-order valence-corrected chi connectivity index (χ4v) is 2.27. The Morgan fingerprint density at radius 3 is 2.17 bits per heavy atom. The molecule has 2 rings (SSSR count). The van der Waals surface area contributed by atoms with E-state index in [0.717, 1.165) is 12.0 Å². The Kier molecular flexibility index (Phi) is 7.79. The van der Waals surface area contributed by atoms with Crippen LogP contribution in [-0.2, 0) is 11.3 Å². The lowest BCUT2D eigenvalue weighted by molar-refractivity contribution is -0.123. The van der Waals surface area contributed by atoms with Crippen LogP contribution >= 0.6 is 12.4 Å².